The number of hydrogen-bond donors (Lipinski definition) is 1. The molecular formula is C34H39NO5. The summed E-state index contributed by atoms with van der Waals surface area (Å²) >= 11 is 0. The highest BCUT2D eigenvalue weighted by Gasteiger charge is 2.47. The van der Waals surface area contributed by atoms with Gasteiger partial charge in [0.15, 0.2) is 0 Å². The van der Waals surface area contributed by atoms with Crippen molar-refractivity contribution in [1.29, 1.82) is 0 Å². The number of aryl methyl sites for hydroxylation is 1. The van der Waals surface area contributed by atoms with Crippen molar-refractivity contribution in [2.45, 2.75) is 72.4 Å². The number of hydrogen-bond acceptors (Lipinski definition) is 5. The molecular weight excluding hydrogens is 502 g/mol. The molecule has 40 heavy (non-hydrogen) atoms. The number of carbonyl (C=O) groups is 2. The maximum Gasteiger partial charge on any atom is 0.300 e. The fourth-order valence-electron chi connectivity index (χ4n) is 4.89. The lowest BCUT2D eigenvalue weighted by Crippen LogP contribution is -2.30. The summed E-state index contributed by atoms with van der Waals surface area (Å²) < 4.78 is 11.8. The molecule has 1 aliphatic rings. The largest absolute Gasteiger partial charge is 0.507 e. The van der Waals surface area contributed by atoms with Gasteiger partial charge in [-0.15, -0.1) is 0 Å². The van der Waals surface area contributed by atoms with Crippen LogP contribution in [-0.4, -0.2) is 29.5 Å². The topological polar surface area (TPSA) is 76.1 Å². The molecule has 0 aliphatic carbocycles. The Kier molecular flexibility index (Phi) is 8.38. The number of carbonyl (C=O) groups excluding carboxylic acids is 2. The van der Waals surface area contributed by atoms with Gasteiger partial charge in [-0.25, -0.2) is 0 Å². The Labute approximate surface area is 237 Å². The lowest BCUT2D eigenvalue weighted by molar-refractivity contribution is -0.132. The van der Waals surface area contributed by atoms with Crippen molar-refractivity contribution in [1.82, 2.24) is 0 Å². The standard InChI is InChI=1S/C34H39NO5/c1-8-19-39-28-12-10-9-11-26(28)35-30(23-13-16-25(17-14-23)34(5,6)7)29(32(37)33(35)38)31(36)24-15-18-27(22(4)20-24)40-21(2)3/h9-18,20-21,30,36H,8,19H2,1-7H3/b31-29-. The number of ketones is 1. The molecule has 6 nitrogen and oxygen atoms in total. The summed E-state index contributed by atoms with van der Waals surface area (Å²) in [5.74, 6) is -0.475. The van der Waals surface area contributed by atoms with E-state index in [1.165, 1.54) is 4.90 Å². The van der Waals surface area contributed by atoms with Crippen LogP contribution in [0.4, 0.5) is 5.69 Å². The van der Waals surface area contributed by atoms with Crippen LogP contribution in [0.3, 0.4) is 0 Å². The number of Topliss-reactive ketones (excluding diaryl/α,β-unsaturated/α-hetero) is 1. The van der Waals surface area contributed by atoms with Crippen LogP contribution < -0.4 is 14.4 Å². The first kappa shape index (κ1) is 28.9. The van der Waals surface area contributed by atoms with Crippen molar-refractivity contribution in [3.05, 3.63) is 94.6 Å². The number of rotatable bonds is 8. The molecule has 3 aromatic carbocycles. The summed E-state index contributed by atoms with van der Waals surface area (Å²) in [6.45, 7) is 14.6. The van der Waals surface area contributed by atoms with Crippen molar-refractivity contribution >= 4 is 23.1 Å². The molecule has 0 spiro atoms. The Morgan fingerprint density at radius 1 is 0.975 bits per heavy atom. The molecule has 1 heterocycles. The minimum atomic E-state index is -0.840. The van der Waals surface area contributed by atoms with E-state index in [1.807, 2.05) is 64.1 Å². The lowest BCUT2D eigenvalue weighted by atomic mass is 9.85. The number of aliphatic hydroxyl groups excluding tert-OH is 1. The zero-order chi connectivity index (χ0) is 29.2. The molecule has 1 atom stereocenters. The molecule has 1 N–H and O–H groups in total. The van der Waals surface area contributed by atoms with Gasteiger partial charge in [0.05, 0.1) is 30.0 Å². The van der Waals surface area contributed by atoms with E-state index in [-0.39, 0.29) is 22.9 Å². The molecule has 1 aliphatic heterocycles. The Bertz CT molecular complexity index is 1430. The van der Waals surface area contributed by atoms with Crippen LogP contribution in [0.1, 0.15) is 76.3 Å². The Balaban J connectivity index is 1.91. The van der Waals surface area contributed by atoms with E-state index in [0.717, 1.165) is 23.1 Å². The molecule has 1 amide bonds. The predicted molar refractivity (Wildman–Crippen MR) is 159 cm³/mol. The molecule has 210 valence electrons. The van der Waals surface area contributed by atoms with Crippen LogP contribution in [0.15, 0.2) is 72.3 Å². The molecule has 1 saturated heterocycles. The fraction of sp³-hybridized carbons (Fsp3) is 0.353. The number of ether oxygens (including phenoxy) is 2. The molecule has 0 radical (unpaired) electrons. The molecule has 6 heteroatoms. The van der Waals surface area contributed by atoms with Crippen LogP contribution in [0.2, 0.25) is 0 Å². The van der Waals surface area contributed by atoms with E-state index >= 15 is 0 Å². The molecule has 1 fully saturated rings. The van der Waals surface area contributed by atoms with Gasteiger partial charge in [-0.2, -0.15) is 0 Å². The third-order valence-corrected chi connectivity index (χ3v) is 6.93. The van der Waals surface area contributed by atoms with Gasteiger partial charge in [0.1, 0.15) is 17.3 Å². The molecule has 0 aromatic heterocycles. The van der Waals surface area contributed by atoms with Gasteiger partial charge in [-0.1, -0.05) is 64.1 Å². The highest BCUT2D eigenvalue weighted by Crippen LogP contribution is 2.45. The molecule has 1 unspecified atom stereocenters. The van der Waals surface area contributed by atoms with Crippen LogP contribution in [-0.2, 0) is 15.0 Å². The van der Waals surface area contributed by atoms with E-state index in [9.17, 15) is 14.7 Å². The zero-order valence-electron chi connectivity index (χ0n) is 24.4. The van der Waals surface area contributed by atoms with Crippen LogP contribution >= 0.6 is 0 Å². The first-order valence-corrected chi connectivity index (χ1v) is 13.8. The summed E-state index contributed by atoms with van der Waals surface area (Å²) in [4.78, 5) is 28.8. The Morgan fingerprint density at radius 2 is 1.65 bits per heavy atom. The van der Waals surface area contributed by atoms with Gasteiger partial charge in [0.2, 0.25) is 0 Å². The Hall–Kier alpha value is -4.06. The minimum Gasteiger partial charge on any atom is -0.507 e. The van der Waals surface area contributed by atoms with Crippen LogP contribution in [0.5, 0.6) is 11.5 Å². The third kappa shape index (κ3) is 5.76. The third-order valence-electron chi connectivity index (χ3n) is 6.93. The summed E-state index contributed by atoms with van der Waals surface area (Å²) in [6.07, 6.45) is 0.787. The SMILES string of the molecule is CCCOc1ccccc1N1C(=O)C(=O)/C(=C(\O)c2ccc(OC(C)C)c(C)c2)C1c1ccc(C(C)(C)C)cc1. The molecule has 3 aromatic rings. The maximum atomic E-state index is 13.7. The van der Waals surface area contributed by atoms with E-state index < -0.39 is 17.7 Å². The van der Waals surface area contributed by atoms with Gasteiger partial charge in [-0.05, 0) is 79.6 Å². The van der Waals surface area contributed by atoms with E-state index in [0.29, 0.717) is 29.4 Å². The highest BCUT2D eigenvalue weighted by molar-refractivity contribution is 6.52. The van der Waals surface area contributed by atoms with Gasteiger partial charge in [0, 0.05) is 5.56 Å². The second-order valence-corrected chi connectivity index (χ2v) is 11.5. The van der Waals surface area contributed by atoms with Gasteiger partial charge in [-0.3, -0.25) is 14.5 Å². The highest BCUT2D eigenvalue weighted by atomic mass is 16.5. The van der Waals surface area contributed by atoms with Crippen molar-refractivity contribution < 1.29 is 24.2 Å². The fourth-order valence-corrected chi connectivity index (χ4v) is 4.89. The zero-order valence-corrected chi connectivity index (χ0v) is 24.4. The quantitative estimate of drug-likeness (QED) is 0.182. The first-order valence-electron chi connectivity index (χ1n) is 13.8. The Morgan fingerprint density at radius 3 is 2.25 bits per heavy atom. The van der Waals surface area contributed by atoms with Gasteiger partial charge < -0.3 is 14.6 Å². The molecule has 4 rings (SSSR count). The number of anilines is 1. The average molecular weight is 542 g/mol. The maximum absolute atomic E-state index is 13.7. The van der Waals surface area contributed by atoms with Crippen molar-refractivity contribution in [3.63, 3.8) is 0 Å². The summed E-state index contributed by atoms with van der Waals surface area (Å²) in [5, 5.41) is 11.6. The summed E-state index contributed by atoms with van der Waals surface area (Å²) in [5.41, 5.74) is 3.55. The van der Waals surface area contributed by atoms with Gasteiger partial charge >= 0.3 is 0 Å². The molecule has 0 saturated carbocycles. The van der Waals surface area contributed by atoms with Crippen molar-refractivity contribution in [3.8, 4) is 11.5 Å². The van der Waals surface area contributed by atoms with Crippen LogP contribution in [0, 0.1) is 6.92 Å². The predicted octanol–water partition coefficient (Wildman–Crippen LogP) is 7.49. The first-order chi connectivity index (χ1) is 18.9. The van der Waals surface area contributed by atoms with E-state index in [4.69, 9.17) is 9.47 Å². The second kappa shape index (κ2) is 11.6. The summed E-state index contributed by atoms with van der Waals surface area (Å²) in [6, 6.07) is 19.5. The van der Waals surface area contributed by atoms with Crippen molar-refractivity contribution in [2.24, 2.45) is 0 Å². The van der Waals surface area contributed by atoms with E-state index in [2.05, 4.69) is 20.8 Å². The number of nitrogens with zero attached hydrogens (tertiary/aromatic N) is 1. The average Bonchev–Trinajstić information content (AvgIpc) is 3.17. The second-order valence-electron chi connectivity index (χ2n) is 11.5. The number of benzene rings is 3. The normalized spacial score (nSPS) is 17.0. The lowest BCUT2D eigenvalue weighted by Gasteiger charge is -2.28. The number of aliphatic hydroxyl groups is 1. The minimum absolute atomic E-state index is 0.00506. The smallest absolute Gasteiger partial charge is 0.300 e. The van der Waals surface area contributed by atoms with Gasteiger partial charge in [0.25, 0.3) is 11.7 Å². The number of amides is 1. The van der Waals surface area contributed by atoms with Crippen molar-refractivity contribution in [2.75, 3.05) is 11.5 Å². The van der Waals surface area contributed by atoms with E-state index in [1.54, 1.807) is 30.3 Å². The monoisotopic (exact) mass is 541 g/mol. The summed E-state index contributed by atoms with van der Waals surface area (Å²) in [7, 11) is 0. The van der Waals surface area contributed by atoms with Crippen LogP contribution in [0.25, 0.3) is 5.76 Å². The number of para-hydroxylation sites is 2. The molecule has 0 bridgehead atoms.